The number of carbonyl (C=O) groups excluding carboxylic acids is 3. The van der Waals surface area contributed by atoms with Crippen LogP contribution in [0.15, 0.2) is 48.6 Å². The Balaban J connectivity index is 4.43. The summed E-state index contributed by atoms with van der Waals surface area (Å²) in [4.78, 5) is 37.9. The van der Waals surface area contributed by atoms with E-state index in [0.717, 1.165) is 83.5 Å². The molecule has 0 N–H and O–H groups in total. The van der Waals surface area contributed by atoms with Gasteiger partial charge in [-0.05, 0) is 70.6 Å². The predicted molar refractivity (Wildman–Crippen MR) is 256 cm³/mol. The predicted octanol–water partition coefficient (Wildman–Crippen LogP) is 16.7. The average molecular weight is 841 g/mol. The summed E-state index contributed by atoms with van der Waals surface area (Å²) in [7, 11) is 0. The summed E-state index contributed by atoms with van der Waals surface area (Å²) >= 11 is 0. The maximum atomic E-state index is 12.8. The molecule has 0 aromatic rings. The largest absolute Gasteiger partial charge is 0.462 e. The third-order valence-electron chi connectivity index (χ3n) is 11.1. The maximum absolute atomic E-state index is 12.8. The summed E-state index contributed by atoms with van der Waals surface area (Å²) in [5, 5.41) is 0. The SMILES string of the molecule is CCCCCCCCC/C=C\C=C/CCCCCC(=O)OCC(COC(=O)CCCCCCCCCCCC)OC(=O)CCCCC/C=C\C=C/CCCCCCCCC. The maximum Gasteiger partial charge on any atom is 0.306 e. The van der Waals surface area contributed by atoms with Gasteiger partial charge in [0.1, 0.15) is 13.2 Å². The van der Waals surface area contributed by atoms with Crippen LogP contribution in [0.4, 0.5) is 0 Å². The molecular weight excluding hydrogens is 745 g/mol. The zero-order valence-electron chi connectivity index (χ0n) is 39.7. The van der Waals surface area contributed by atoms with Gasteiger partial charge in [0.25, 0.3) is 0 Å². The Morgan fingerprint density at radius 2 is 0.583 bits per heavy atom. The van der Waals surface area contributed by atoms with E-state index in [1.165, 1.54) is 135 Å². The molecule has 0 bridgehead atoms. The molecule has 0 spiro atoms. The third-order valence-corrected chi connectivity index (χ3v) is 11.1. The monoisotopic (exact) mass is 841 g/mol. The first-order valence-corrected chi connectivity index (χ1v) is 25.7. The Morgan fingerprint density at radius 3 is 0.900 bits per heavy atom. The standard InChI is InChI=1S/C54H96O6/c1-4-7-10-13-16-19-22-24-26-28-30-32-35-38-41-44-47-53(56)59-50-51(49-58-52(55)46-43-40-37-34-21-18-15-12-9-6-3)60-54(57)48-45-42-39-36-33-31-29-27-25-23-20-17-14-11-8-5-2/h26-33,51H,4-25,34-50H2,1-3H3/b28-26-,29-27-,32-30-,33-31-. The molecule has 0 aromatic carbocycles. The van der Waals surface area contributed by atoms with Gasteiger partial charge in [-0.2, -0.15) is 0 Å². The summed E-state index contributed by atoms with van der Waals surface area (Å²) in [6.45, 7) is 6.58. The number of rotatable bonds is 46. The van der Waals surface area contributed by atoms with Gasteiger partial charge in [0.05, 0.1) is 0 Å². The minimum absolute atomic E-state index is 0.0906. The van der Waals surface area contributed by atoms with Crippen molar-refractivity contribution in [3.63, 3.8) is 0 Å². The number of carbonyl (C=O) groups is 3. The molecule has 0 saturated carbocycles. The van der Waals surface area contributed by atoms with Gasteiger partial charge in [0, 0.05) is 19.3 Å². The van der Waals surface area contributed by atoms with Crippen molar-refractivity contribution in [2.24, 2.45) is 0 Å². The number of ether oxygens (including phenoxy) is 3. The number of unbranched alkanes of at least 4 members (excludes halogenated alkanes) is 29. The molecule has 0 amide bonds. The lowest BCUT2D eigenvalue weighted by atomic mass is 10.1. The number of hydrogen-bond acceptors (Lipinski definition) is 6. The molecule has 1 unspecified atom stereocenters. The molecule has 0 radical (unpaired) electrons. The van der Waals surface area contributed by atoms with Crippen LogP contribution in [0.25, 0.3) is 0 Å². The van der Waals surface area contributed by atoms with Crippen molar-refractivity contribution in [1.82, 2.24) is 0 Å². The molecule has 6 heteroatoms. The fraction of sp³-hybridized carbons (Fsp3) is 0.796. The van der Waals surface area contributed by atoms with E-state index in [1.807, 2.05) is 0 Å². The van der Waals surface area contributed by atoms with Crippen molar-refractivity contribution in [2.45, 2.75) is 264 Å². The smallest absolute Gasteiger partial charge is 0.306 e. The molecule has 1 atom stereocenters. The highest BCUT2D eigenvalue weighted by atomic mass is 16.6. The normalized spacial score (nSPS) is 12.4. The van der Waals surface area contributed by atoms with Crippen LogP contribution in [-0.2, 0) is 28.6 Å². The first-order valence-electron chi connectivity index (χ1n) is 25.7. The van der Waals surface area contributed by atoms with Crippen LogP contribution in [0, 0.1) is 0 Å². The first kappa shape index (κ1) is 57.4. The molecule has 0 fully saturated rings. The van der Waals surface area contributed by atoms with Crippen molar-refractivity contribution in [3.05, 3.63) is 48.6 Å². The highest BCUT2D eigenvalue weighted by molar-refractivity contribution is 5.71. The number of esters is 3. The summed E-state index contributed by atoms with van der Waals surface area (Å²) < 4.78 is 16.7. The lowest BCUT2D eigenvalue weighted by molar-refractivity contribution is -0.167. The molecule has 0 aromatic heterocycles. The van der Waals surface area contributed by atoms with E-state index in [-0.39, 0.29) is 31.1 Å². The molecule has 0 rings (SSSR count). The van der Waals surface area contributed by atoms with Crippen LogP contribution in [0.3, 0.4) is 0 Å². The molecule has 0 heterocycles. The number of hydrogen-bond donors (Lipinski definition) is 0. The van der Waals surface area contributed by atoms with Crippen LogP contribution >= 0.6 is 0 Å². The Kier molecular flexibility index (Phi) is 46.9. The van der Waals surface area contributed by atoms with Crippen molar-refractivity contribution >= 4 is 17.9 Å². The summed E-state index contributed by atoms with van der Waals surface area (Å²) in [5.74, 6) is -0.941. The average Bonchev–Trinajstić information content (AvgIpc) is 3.24. The Hall–Kier alpha value is -2.63. The van der Waals surface area contributed by atoms with Crippen LogP contribution in [0.1, 0.15) is 258 Å². The minimum atomic E-state index is -0.794. The second-order valence-corrected chi connectivity index (χ2v) is 17.1. The van der Waals surface area contributed by atoms with E-state index in [1.54, 1.807) is 0 Å². The van der Waals surface area contributed by atoms with Gasteiger partial charge in [0.15, 0.2) is 6.10 Å². The quantitative estimate of drug-likeness (QED) is 0.0263. The van der Waals surface area contributed by atoms with Gasteiger partial charge in [-0.15, -0.1) is 0 Å². The molecule has 0 saturated heterocycles. The molecule has 0 aliphatic heterocycles. The Bertz CT molecular complexity index is 1060. The van der Waals surface area contributed by atoms with Gasteiger partial charge >= 0.3 is 17.9 Å². The van der Waals surface area contributed by atoms with E-state index >= 15 is 0 Å². The van der Waals surface area contributed by atoms with Crippen LogP contribution < -0.4 is 0 Å². The second-order valence-electron chi connectivity index (χ2n) is 17.1. The zero-order chi connectivity index (χ0) is 43.7. The van der Waals surface area contributed by atoms with E-state index in [2.05, 4.69) is 69.4 Å². The third kappa shape index (κ3) is 46.4. The second kappa shape index (κ2) is 49.0. The van der Waals surface area contributed by atoms with Crippen molar-refractivity contribution in [3.8, 4) is 0 Å². The lowest BCUT2D eigenvalue weighted by Crippen LogP contribution is -2.30. The molecule has 348 valence electrons. The van der Waals surface area contributed by atoms with E-state index < -0.39 is 6.10 Å². The summed E-state index contributed by atoms with van der Waals surface area (Å²) in [6, 6.07) is 0. The Labute approximate surface area is 371 Å². The number of allylic oxidation sites excluding steroid dienone is 8. The highest BCUT2D eigenvalue weighted by Gasteiger charge is 2.19. The van der Waals surface area contributed by atoms with E-state index in [4.69, 9.17) is 14.2 Å². The van der Waals surface area contributed by atoms with Crippen LogP contribution in [-0.4, -0.2) is 37.2 Å². The van der Waals surface area contributed by atoms with Crippen LogP contribution in [0.2, 0.25) is 0 Å². The topological polar surface area (TPSA) is 78.9 Å². The molecular formula is C54H96O6. The summed E-state index contributed by atoms with van der Waals surface area (Å²) in [5.41, 5.74) is 0. The van der Waals surface area contributed by atoms with Crippen molar-refractivity contribution in [1.29, 1.82) is 0 Å². The van der Waals surface area contributed by atoms with E-state index in [9.17, 15) is 14.4 Å². The highest BCUT2D eigenvalue weighted by Crippen LogP contribution is 2.14. The first-order chi connectivity index (χ1) is 29.5. The van der Waals surface area contributed by atoms with Gasteiger partial charge in [0.2, 0.25) is 0 Å². The van der Waals surface area contributed by atoms with Gasteiger partial charge in [-0.3, -0.25) is 14.4 Å². The van der Waals surface area contributed by atoms with Crippen molar-refractivity contribution in [2.75, 3.05) is 13.2 Å². The molecule has 6 nitrogen and oxygen atoms in total. The van der Waals surface area contributed by atoms with Gasteiger partial charge in [-0.1, -0.05) is 217 Å². The zero-order valence-corrected chi connectivity index (χ0v) is 39.7. The van der Waals surface area contributed by atoms with Gasteiger partial charge in [-0.25, -0.2) is 0 Å². The lowest BCUT2D eigenvalue weighted by Gasteiger charge is -2.18. The van der Waals surface area contributed by atoms with E-state index in [0.29, 0.717) is 19.3 Å². The summed E-state index contributed by atoms with van der Waals surface area (Å²) in [6.07, 6.45) is 58.1. The molecule has 0 aliphatic rings. The fourth-order valence-corrected chi connectivity index (χ4v) is 7.19. The molecule has 60 heavy (non-hydrogen) atoms. The van der Waals surface area contributed by atoms with Gasteiger partial charge < -0.3 is 14.2 Å². The minimum Gasteiger partial charge on any atom is -0.462 e. The fourth-order valence-electron chi connectivity index (χ4n) is 7.19. The Morgan fingerprint density at radius 1 is 0.333 bits per heavy atom. The van der Waals surface area contributed by atoms with Crippen LogP contribution in [0.5, 0.6) is 0 Å². The van der Waals surface area contributed by atoms with Crippen molar-refractivity contribution < 1.29 is 28.6 Å². The molecule has 0 aliphatic carbocycles.